The molecule has 0 spiro atoms. The Kier molecular flexibility index (Phi) is 6.76. The second-order valence-corrected chi connectivity index (χ2v) is 8.34. The van der Waals surface area contributed by atoms with Crippen LogP contribution in [0.2, 0.25) is 0 Å². The molecule has 11 heteroatoms. The van der Waals surface area contributed by atoms with E-state index >= 15 is 0 Å². The first kappa shape index (κ1) is 23.6. The number of aliphatic hydroxyl groups excluding tert-OH is 2. The number of fused-ring (bicyclic) bond motifs is 1. The van der Waals surface area contributed by atoms with E-state index in [9.17, 15) is 15.0 Å². The Morgan fingerprint density at radius 2 is 2.06 bits per heavy atom. The third-order valence-electron chi connectivity index (χ3n) is 5.81. The van der Waals surface area contributed by atoms with Gasteiger partial charge in [0.1, 0.15) is 18.5 Å². The molecule has 0 aliphatic carbocycles. The number of terminal acetylenes is 1. The minimum absolute atomic E-state index is 0.282. The van der Waals surface area contributed by atoms with Crippen LogP contribution in [0, 0.1) is 12.3 Å². The number of benzene rings is 1. The molecule has 1 aromatic carbocycles. The van der Waals surface area contributed by atoms with Gasteiger partial charge in [0, 0.05) is 19.7 Å². The van der Waals surface area contributed by atoms with Gasteiger partial charge >= 0.3 is 0 Å². The van der Waals surface area contributed by atoms with Crippen molar-refractivity contribution in [1.82, 2.24) is 24.8 Å². The van der Waals surface area contributed by atoms with E-state index in [1.807, 2.05) is 26.2 Å². The number of amides is 1. The zero-order valence-electron chi connectivity index (χ0n) is 18.9. The quantitative estimate of drug-likeness (QED) is 0.328. The van der Waals surface area contributed by atoms with Crippen LogP contribution in [0.4, 0.5) is 5.82 Å². The van der Waals surface area contributed by atoms with E-state index in [2.05, 4.69) is 26.2 Å². The van der Waals surface area contributed by atoms with E-state index < -0.39 is 43.0 Å². The number of carbonyl (C=O) groups is 1. The molecule has 1 saturated heterocycles. The highest BCUT2D eigenvalue weighted by Gasteiger charge is 2.46. The van der Waals surface area contributed by atoms with E-state index in [0.29, 0.717) is 17.0 Å². The number of hydrogen-bond acceptors (Lipinski definition) is 9. The lowest BCUT2D eigenvalue weighted by Crippen LogP contribution is -2.53. The third-order valence-corrected chi connectivity index (χ3v) is 5.81. The largest absolute Gasteiger partial charge is 0.394 e. The summed E-state index contributed by atoms with van der Waals surface area (Å²) in [5.74, 6) is 2.68. The van der Waals surface area contributed by atoms with Gasteiger partial charge in [0.2, 0.25) is 5.91 Å². The van der Waals surface area contributed by atoms with Gasteiger partial charge in [0.15, 0.2) is 23.2 Å². The molecular weight excluding hydrogens is 438 g/mol. The number of hydrogen-bond donors (Lipinski definition) is 4. The number of aromatic nitrogens is 4. The molecule has 34 heavy (non-hydrogen) atoms. The molecule has 0 radical (unpaired) electrons. The lowest BCUT2D eigenvalue weighted by molar-refractivity contribution is -0.124. The zero-order valence-corrected chi connectivity index (χ0v) is 18.9. The van der Waals surface area contributed by atoms with Crippen molar-refractivity contribution in [2.75, 3.05) is 25.6 Å². The summed E-state index contributed by atoms with van der Waals surface area (Å²) < 4.78 is 7.45. The minimum Gasteiger partial charge on any atom is -0.394 e. The van der Waals surface area contributed by atoms with E-state index in [-0.39, 0.29) is 6.42 Å². The molecule has 0 saturated carbocycles. The van der Waals surface area contributed by atoms with Gasteiger partial charge in [-0.2, -0.15) is 0 Å². The highest BCUT2D eigenvalue weighted by atomic mass is 16.5. The highest BCUT2D eigenvalue weighted by Crippen LogP contribution is 2.32. The predicted molar refractivity (Wildman–Crippen MR) is 125 cm³/mol. The number of rotatable bonds is 7. The van der Waals surface area contributed by atoms with E-state index in [1.54, 1.807) is 21.6 Å². The molecule has 0 unspecified atom stereocenters. The Bertz CT molecular complexity index is 1200. The third kappa shape index (κ3) is 4.44. The Labute approximate surface area is 196 Å². The maximum atomic E-state index is 12.8. The molecule has 1 aliphatic rings. The summed E-state index contributed by atoms with van der Waals surface area (Å²) in [4.78, 5) is 27.5. The minimum atomic E-state index is -1.18. The highest BCUT2D eigenvalue weighted by molar-refractivity contribution is 5.83. The Morgan fingerprint density at radius 3 is 2.71 bits per heavy atom. The fraction of sp³-hybridized carbons (Fsp3) is 0.391. The standard InChI is InChI=1S/C23H27N7O4/c1-4-13-5-7-14(8-6-13)9-15(24)22(33)28-17-16(10-31)34-23(19(17)32)30-12-27-18-20(29(2)3)25-11-26-21(18)30/h1,5-8,11-12,15-17,19,23,31-32H,9-10,24H2,2-3H3,(H,28,33)/t15-,16+,17+,19+,23+/m0/s1. The number of imidazole rings is 1. The lowest BCUT2D eigenvalue weighted by atomic mass is 10.0. The van der Waals surface area contributed by atoms with Crippen LogP contribution in [0.15, 0.2) is 36.9 Å². The summed E-state index contributed by atoms with van der Waals surface area (Å²) in [5.41, 5.74) is 8.68. The SMILES string of the molecule is C#Cc1ccc(C[C@H](N)C(=O)N[C@H]2[C@@H](O)[C@H](n3cnc4c(N(C)C)ncnc43)O[C@@H]2CO)cc1. The van der Waals surface area contributed by atoms with Crippen molar-refractivity contribution in [3.05, 3.63) is 48.0 Å². The summed E-state index contributed by atoms with van der Waals surface area (Å²) in [6.45, 7) is -0.411. The molecule has 178 valence electrons. The number of anilines is 1. The predicted octanol–water partition coefficient (Wildman–Crippen LogP) is -0.821. The van der Waals surface area contributed by atoms with Gasteiger partial charge in [-0.25, -0.2) is 15.0 Å². The second-order valence-electron chi connectivity index (χ2n) is 8.34. The number of aliphatic hydroxyl groups is 2. The number of nitrogens with two attached hydrogens (primary N) is 1. The number of nitrogens with zero attached hydrogens (tertiary/aromatic N) is 5. The molecule has 1 aliphatic heterocycles. The zero-order chi connectivity index (χ0) is 24.4. The van der Waals surface area contributed by atoms with Gasteiger partial charge in [-0.1, -0.05) is 18.1 Å². The molecule has 3 heterocycles. The summed E-state index contributed by atoms with van der Waals surface area (Å²) in [6, 6.07) is 5.44. The maximum absolute atomic E-state index is 12.8. The molecule has 0 bridgehead atoms. The van der Waals surface area contributed by atoms with Crippen molar-refractivity contribution in [2.45, 2.75) is 36.9 Å². The van der Waals surface area contributed by atoms with Crippen LogP contribution in [0.3, 0.4) is 0 Å². The van der Waals surface area contributed by atoms with Crippen LogP contribution in [-0.4, -0.2) is 80.6 Å². The number of carbonyl (C=O) groups excluding carboxylic acids is 1. The first-order valence-electron chi connectivity index (χ1n) is 10.7. The lowest BCUT2D eigenvalue weighted by Gasteiger charge is -2.23. The van der Waals surface area contributed by atoms with Crippen LogP contribution in [0.25, 0.3) is 11.2 Å². The van der Waals surface area contributed by atoms with Crippen molar-refractivity contribution in [3.8, 4) is 12.3 Å². The number of nitrogens with one attached hydrogen (secondary N) is 1. The normalized spacial score (nSPS) is 22.9. The maximum Gasteiger partial charge on any atom is 0.237 e. The van der Waals surface area contributed by atoms with Gasteiger partial charge in [0.25, 0.3) is 0 Å². The molecule has 5 N–H and O–H groups in total. The van der Waals surface area contributed by atoms with Crippen molar-refractivity contribution in [2.24, 2.45) is 5.73 Å². The van der Waals surface area contributed by atoms with Gasteiger partial charge in [-0.3, -0.25) is 9.36 Å². The molecule has 4 rings (SSSR count). The smallest absolute Gasteiger partial charge is 0.237 e. The second kappa shape index (κ2) is 9.74. The average molecular weight is 466 g/mol. The summed E-state index contributed by atoms with van der Waals surface area (Å²) in [7, 11) is 3.67. The van der Waals surface area contributed by atoms with E-state index in [1.165, 1.54) is 12.7 Å². The van der Waals surface area contributed by atoms with Crippen molar-refractivity contribution in [1.29, 1.82) is 0 Å². The monoisotopic (exact) mass is 465 g/mol. The van der Waals surface area contributed by atoms with E-state index in [0.717, 1.165) is 11.1 Å². The summed E-state index contributed by atoms with van der Waals surface area (Å²) in [5, 5.41) is 23.6. The Balaban J connectivity index is 1.50. The number of ether oxygens (including phenoxy) is 1. The van der Waals surface area contributed by atoms with Crippen LogP contribution in [0.1, 0.15) is 17.4 Å². The first-order valence-corrected chi connectivity index (χ1v) is 10.7. The first-order chi connectivity index (χ1) is 16.3. The fourth-order valence-electron chi connectivity index (χ4n) is 4.01. The Hall–Kier alpha value is -3.56. The van der Waals surface area contributed by atoms with Crippen molar-refractivity contribution < 1.29 is 19.7 Å². The fourth-order valence-corrected chi connectivity index (χ4v) is 4.01. The van der Waals surface area contributed by atoms with Gasteiger partial charge in [-0.15, -0.1) is 6.42 Å². The summed E-state index contributed by atoms with van der Waals surface area (Å²) >= 11 is 0. The van der Waals surface area contributed by atoms with Gasteiger partial charge in [0.05, 0.1) is 25.0 Å². The van der Waals surface area contributed by atoms with Crippen LogP contribution >= 0.6 is 0 Å². The van der Waals surface area contributed by atoms with E-state index in [4.69, 9.17) is 16.9 Å². The van der Waals surface area contributed by atoms with Gasteiger partial charge in [-0.05, 0) is 24.1 Å². The molecule has 5 atom stereocenters. The van der Waals surface area contributed by atoms with Crippen LogP contribution < -0.4 is 16.0 Å². The van der Waals surface area contributed by atoms with Gasteiger partial charge < -0.3 is 30.9 Å². The Morgan fingerprint density at radius 1 is 1.32 bits per heavy atom. The molecular formula is C23H27N7O4. The average Bonchev–Trinajstić information content (AvgIpc) is 3.40. The molecule has 1 fully saturated rings. The molecule has 2 aromatic heterocycles. The molecule has 1 amide bonds. The molecule has 11 nitrogen and oxygen atoms in total. The van der Waals surface area contributed by atoms with Crippen LogP contribution in [0.5, 0.6) is 0 Å². The van der Waals surface area contributed by atoms with Crippen molar-refractivity contribution in [3.63, 3.8) is 0 Å². The van der Waals surface area contributed by atoms with Crippen LogP contribution in [-0.2, 0) is 16.0 Å². The molecule has 3 aromatic rings. The van der Waals surface area contributed by atoms with Crippen molar-refractivity contribution >= 4 is 22.9 Å². The topological polar surface area (TPSA) is 152 Å². The summed E-state index contributed by atoms with van der Waals surface area (Å²) in [6.07, 6.45) is 5.58.